The zero-order valence-corrected chi connectivity index (χ0v) is 15.3. The van der Waals surface area contributed by atoms with Gasteiger partial charge in [-0.3, -0.25) is 9.10 Å². The van der Waals surface area contributed by atoms with Crippen molar-refractivity contribution in [1.82, 2.24) is 0 Å². The molecule has 1 heterocycles. The van der Waals surface area contributed by atoms with E-state index in [0.717, 1.165) is 35.9 Å². The Morgan fingerprint density at radius 2 is 1.80 bits per heavy atom. The maximum atomic E-state index is 12.8. The van der Waals surface area contributed by atoms with Gasteiger partial charge in [-0.05, 0) is 42.2 Å². The lowest BCUT2D eigenvalue weighted by molar-refractivity contribution is -0.117. The van der Waals surface area contributed by atoms with Gasteiger partial charge in [0, 0.05) is 12.2 Å². The summed E-state index contributed by atoms with van der Waals surface area (Å²) in [7, 11) is -3.55. The number of aryl methyl sites for hydroxylation is 1. The topological polar surface area (TPSA) is 57.7 Å². The predicted octanol–water partition coefficient (Wildman–Crippen LogP) is 2.60. The highest BCUT2D eigenvalue weighted by molar-refractivity contribution is 7.92. The standard InChI is InChI=1S/C19H22N2O3S/c1-3-15-8-10-17(11-9-15)21(25(2,23)24)14-19(22)20-13-12-16-6-4-5-7-18(16)20/h4-11H,3,12-14H2,1-2H3. The lowest BCUT2D eigenvalue weighted by Gasteiger charge is -2.25. The number of fused-ring (bicyclic) bond motifs is 1. The largest absolute Gasteiger partial charge is 0.310 e. The van der Waals surface area contributed by atoms with E-state index in [4.69, 9.17) is 0 Å². The van der Waals surface area contributed by atoms with Crippen LogP contribution in [-0.4, -0.2) is 33.7 Å². The van der Waals surface area contributed by atoms with E-state index in [-0.39, 0.29) is 12.5 Å². The third-order valence-electron chi connectivity index (χ3n) is 4.50. The molecule has 0 saturated carbocycles. The summed E-state index contributed by atoms with van der Waals surface area (Å²) in [6.07, 6.45) is 2.81. The van der Waals surface area contributed by atoms with Crippen LogP contribution in [-0.2, 0) is 27.7 Å². The summed E-state index contributed by atoms with van der Waals surface area (Å²) in [5, 5.41) is 0. The molecule has 1 aliphatic heterocycles. The molecule has 5 nitrogen and oxygen atoms in total. The SMILES string of the molecule is CCc1ccc(N(CC(=O)N2CCc3ccccc32)S(C)(=O)=O)cc1. The van der Waals surface area contributed by atoms with Crippen LogP contribution in [0.2, 0.25) is 0 Å². The van der Waals surface area contributed by atoms with Gasteiger partial charge in [0.2, 0.25) is 15.9 Å². The van der Waals surface area contributed by atoms with Crippen molar-refractivity contribution in [2.24, 2.45) is 0 Å². The number of anilines is 2. The van der Waals surface area contributed by atoms with E-state index in [9.17, 15) is 13.2 Å². The molecule has 0 saturated heterocycles. The van der Waals surface area contributed by atoms with Gasteiger partial charge in [0.25, 0.3) is 0 Å². The minimum Gasteiger partial charge on any atom is -0.310 e. The van der Waals surface area contributed by atoms with Crippen LogP contribution in [0.3, 0.4) is 0 Å². The molecule has 0 unspecified atom stereocenters. The number of amides is 1. The molecule has 6 heteroatoms. The fraction of sp³-hybridized carbons (Fsp3) is 0.316. The zero-order chi connectivity index (χ0) is 18.0. The molecule has 3 rings (SSSR count). The Labute approximate surface area is 148 Å². The normalized spacial score (nSPS) is 13.6. The van der Waals surface area contributed by atoms with Gasteiger partial charge >= 0.3 is 0 Å². The Balaban J connectivity index is 1.85. The number of nitrogens with zero attached hydrogens (tertiary/aromatic N) is 2. The average Bonchev–Trinajstić information content (AvgIpc) is 3.03. The first-order valence-corrected chi connectivity index (χ1v) is 10.2. The van der Waals surface area contributed by atoms with Crippen molar-refractivity contribution in [3.8, 4) is 0 Å². The molecule has 2 aromatic rings. The molecule has 0 aromatic heterocycles. The van der Waals surface area contributed by atoms with E-state index in [1.807, 2.05) is 43.3 Å². The van der Waals surface area contributed by atoms with Gasteiger partial charge in [0.05, 0.1) is 11.9 Å². The van der Waals surface area contributed by atoms with Crippen LogP contribution in [0.4, 0.5) is 11.4 Å². The Bertz CT molecular complexity index is 876. The number of carbonyl (C=O) groups is 1. The zero-order valence-electron chi connectivity index (χ0n) is 14.5. The predicted molar refractivity (Wildman–Crippen MR) is 101 cm³/mol. The van der Waals surface area contributed by atoms with Crippen LogP contribution >= 0.6 is 0 Å². The molecular weight excluding hydrogens is 336 g/mol. The second-order valence-corrected chi connectivity index (χ2v) is 8.12. The molecule has 0 bridgehead atoms. The smallest absolute Gasteiger partial charge is 0.247 e. The minimum absolute atomic E-state index is 0.196. The van der Waals surface area contributed by atoms with Crippen molar-refractivity contribution >= 4 is 27.3 Å². The van der Waals surface area contributed by atoms with Crippen LogP contribution in [0.25, 0.3) is 0 Å². The Hall–Kier alpha value is -2.34. The number of rotatable bonds is 5. The van der Waals surface area contributed by atoms with Gasteiger partial charge in [0.1, 0.15) is 6.54 Å². The van der Waals surface area contributed by atoms with E-state index < -0.39 is 10.0 Å². The van der Waals surface area contributed by atoms with Gasteiger partial charge in [-0.1, -0.05) is 37.3 Å². The summed E-state index contributed by atoms with van der Waals surface area (Å²) < 4.78 is 25.7. The first-order valence-electron chi connectivity index (χ1n) is 8.35. The molecule has 0 aliphatic carbocycles. The molecule has 0 atom stereocenters. The lowest BCUT2D eigenvalue weighted by Crippen LogP contribution is -2.42. The molecule has 1 aliphatic rings. The first-order chi connectivity index (χ1) is 11.9. The third-order valence-corrected chi connectivity index (χ3v) is 5.64. The van der Waals surface area contributed by atoms with E-state index in [2.05, 4.69) is 0 Å². The van der Waals surface area contributed by atoms with Gasteiger partial charge in [-0.25, -0.2) is 8.42 Å². The molecule has 25 heavy (non-hydrogen) atoms. The fourth-order valence-electron chi connectivity index (χ4n) is 3.10. The summed E-state index contributed by atoms with van der Waals surface area (Å²) in [5.74, 6) is -0.213. The molecule has 2 aromatic carbocycles. The van der Waals surface area contributed by atoms with E-state index >= 15 is 0 Å². The molecule has 0 fully saturated rings. The number of carbonyl (C=O) groups excluding carboxylic acids is 1. The molecular formula is C19H22N2O3S. The monoisotopic (exact) mass is 358 g/mol. The van der Waals surface area contributed by atoms with Crippen molar-refractivity contribution in [1.29, 1.82) is 0 Å². The molecule has 0 spiro atoms. The number of benzene rings is 2. The van der Waals surface area contributed by atoms with Crippen LogP contribution in [0.5, 0.6) is 0 Å². The number of sulfonamides is 1. The second-order valence-electron chi connectivity index (χ2n) is 6.21. The van der Waals surface area contributed by atoms with Crippen molar-refractivity contribution in [3.63, 3.8) is 0 Å². The second kappa shape index (κ2) is 6.88. The maximum Gasteiger partial charge on any atom is 0.247 e. The van der Waals surface area contributed by atoms with Gasteiger partial charge < -0.3 is 4.90 Å². The molecule has 1 amide bonds. The summed E-state index contributed by atoms with van der Waals surface area (Å²) in [5.41, 5.74) is 3.63. The summed E-state index contributed by atoms with van der Waals surface area (Å²) >= 11 is 0. The van der Waals surface area contributed by atoms with E-state index in [1.165, 1.54) is 4.31 Å². The summed E-state index contributed by atoms with van der Waals surface area (Å²) in [6, 6.07) is 15.0. The van der Waals surface area contributed by atoms with E-state index in [0.29, 0.717) is 12.2 Å². The summed E-state index contributed by atoms with van der Waals surface area (Å²) in [6.45, 7) is 2.43. The summed E-state index contributed by atoms with van der Waals surface area (Å²) in [4.78, 5) is 14.5. The van der Waals surface area contributed by atoms with Crippen LogP contribution in [0, 0.1) is 0 Å². The highest BCUT2D eigenvalue weighted by atomic mass is 32.2. The van der Waals surface area contributed by atoms with Crippen molar-refractivity contribution in [2.45, 2.75) is 19.8 Å². The van der Waals surface area contributed by atoms with Gasteiger partial charge in [-0.15, -0.1) is 0 Å². The Morgan fingerprint density at radius 3 is 2.44 bits per heavy atom. The van der Waals surface area contributed by atoms with Crippen molar-refractivity contribution in [3.05, 3.63) is 59.7 Å². The fourth-order valence-corrected chi connectivity index (χ4v) is 3.95. The third kappa shape index (κ3) is 3.69. The number of para-hydroxylation sites is 1. The van der Waals surface area contributed by atoms with Crippen LogP contribution < -0.4 is 9.21 Å². The van der Waals surface area contributed by atoms with Crippen LogP contribution in [0.1, 0.15) is 18.1 Å². The quantitative estimate of drug-likeness (QED) is 0.825. The van der Waals surface area contributed by atoms with Gasteiger partial charge in [-0.2, -0.15) is 0 Å². The van der Waals surface area contributed by atoms with Gasteiger partial charge in [0.15, 0.2) is 0 Å². The molecule has 0 radical (unpaired) electrons. The molecule has 132 valence electrons. The average molecular weight is 358 g/mol. The van der Waals surface area contributed by atoms with Crippen LogP contribution in [0.15, 0.2) is 48.5 Å². The number of hydrogen-bond donors (Lipinski definition) is 0. The first kappa shape index (κ1) is 17.5. The highest BCUT2D eigenvalue weighted by Crippen LogP contribution is 2.28. The minimum atomic E-state index is -3.55. The number of hydrogen-bond acceptors (Lipinski definition) is 3. The van der Waals surface area contributed by atoms with Crippen molar-refractivity contribution < 1.29 is 13.2 Å². The Kier molecular flexibility index (Phi) is 4.81. The van der Waals surface area contributed by atoms with Crippen molar-refractivity contribution in [2.75, 3.05) is 28.6 Å². The maximum absolute atomic E-state index is 12.8. The highest BCUT2D eigenvalue weighted by Gasteiger charge is 2.28. The molecule has 0 N–H and O–H groups in total. The lowest BCUT2D eigenvalue weighted by atomic mass is 10.1. The van der Waals surface area contributed by atoms with E-state index in [1.54, 1.807) is 17.0 Å². The Morgan fingerprint density at radius 1 is 1.12 bits per heavy atom.